The molecule has 0 saturated heterocycles. The van der Waals surface area contributed by atoms with Gasteiger partial charge in [-0.15, -0.1) is 12.4 Å². The molecule has 7 heteroatoms. The van der Waals surface area contributed by atoms with Crippen LogP contribution in [0, 0.1) is 0 Å². The molecule has 0 unspecified atom stereocenters. The van der Waals surface area contributed by atoms with Crippen molar-refractivity contribution in [2.24, 2.45) is 5.73 Å². The maximum Gasteiger partial charge on any atom is 0.216 e. The first kappa shape index (κ1) is 21.5. The third-order valence-electron chi connectivity index (χ3n) is 2.84. The van der Waals surface area contributed by atoms with Gasteiger partial charge in [-0.3, -0.25) is 9.69 Å². The van der Waals surface area contributed by atoms with E-state index >= 15 is 0 Å². The Balaban J connectivity index is 0.00000441. The molecule has 126 valence electrons. The van der Waals surface area contributed by atoms with Gasteiger partial charge in [0.2, 0.25) is 5.91 Å². The Morgan fingerprint density at radius 1 is 1.36 bits per heavy atom. The van der Waals surface area contributed by atoms with Gasteiger partial charge < -0.3 is 11.1 Å². The van der Waals surface area contributed by atoms with Crippen molar-refractivity contribution in [2.75, 3.05) is 19.6 Å². The summed E-state index contributed by atoms with van der Waals surface area (Å²) in [6.07, 6.45) is 0. The van der Waals surface area contributed by atoms with Crippen molar-refractivity contribution in [1.29, 1.82) is 0 Å². The number of benzene rings is 1. The number of hydrogen-bond acceptors (Lipinski definition) is 3. The minimum Gasteiger partial charge on any atom is -0.355 e. The summed E-state index contributed by atoms with van der Waals surface area (Å²) < 4.78 is 0. The zero-order chi connectivity index (χ0) is 16.0. The molecule has 0 bridgehead atoms. The van der Waals surface area contributed by atoms with Gasteiger partial charge in [-0.2, -0.15) is 0 Å². The number of carbonyl (C=O) groups excluding carboxylic acids is 1. The molecule has 1 amide bonds. The lowest BCUT2D eigenvalue weighted by Crippen LogP contribution is -2.47. The second-order valence-corrected chi connectivity index (χ2v) is 6.76. The van der Waals surface area contributed by atoms with Crippen LogP contribution in [0.4, 0.5) is 0 Å². The smallest absolute Gasteiger partial charge is 0.216 e. The van der Waals surface area contributed by atoms with E-state index in [9.17, 15) is 4.79 Å². The van der Waals surface area contributed by atoms with E-state index in [2.05, 4.69) is 10.2 Å². The van der Waals surface area contributed by atoms with Crippen molar-refractivity contribution >= 4 is 41.5 Å². The van der Waals surface area contributed by atoms with E-state index in [0.29, 0.717) is 36.2 Å². The molecule has 0 fully saturated rings. The fraction of sp³-hybridized carbons (Fsp3) is 0.533. The molecule has 0 saturated carbocycles. The van der Waals surface area contributed by atoms with E-state index in [1.807, 2.05) is 26.0 Å². The fourth-order valence-corrected chi connectivity index (χ4v) is 2.54. The third kappa shape index (κ3) is 8.81. The first-order valence-corrected chi connectivity index (χ1v) is 7.62. The zero-order valence-corrected chi connectivity index (χ0v) is 15.5. The first-order chi connectivity index (χ1) is 9.67. The van der Waals surface area contributed by atoms with E-state index in [-0.39, 0.29) is 23.9 Å². The average Bonchev–Trinajstić information content (AvgIpc) is 2.30. The molecule has 3 N–H and O–H groups in total. The minimum absolute atomic E-state index is 0. The zero-order valence-electron chi connectivity index (χ0n) is 13.2. The number of amides is 1. The summed E-state index contributed by atoms with van der Waals surface area (Å²) in [5, 5.41) is 4.05. The summed E-state index contributed by atoms with van der Waals surface area (Å²) in [6, 6.07) is 5.47. The van der Waals surface area contributed by atoms with Gasteiger partial charge >= 0.3 is 0 Å². The number of hydrogen-bond donors (Lipinski definition) is 2. The van der Waals surface area contributed by atoms with Gasteiger partial charge in [-0.1, -0.05) is 29.3 Å². The molecule has 0 radical (unpaired) electrons. The van der Waals surface area contributed by atoms with Crippen LogP contribution in [0.1, 0.15) is 26.3 Å². The minimum atomic E-state index is -0.324. The Bertz CT molecular complexity index is 489. The second kappa shape index (κ2) is 9.58. The Morgan fingerprint density at radius 3 is 2.50 bits per heavy atom. The predicted molar refractivity (Wildman–Crippen MR) is 95.9 cm³/mol. The van der Waals surface area contributed by atoms with Gasteiger partial charge in [0.1, 0.15) is 0 Å². The molecule has 1 aromatic rings. The van der Waals surface area contributed by atoms with Gasteiger partial charge in [-0.05, 0) is 31.5 Å². The van der Waals surface area contributed by atoms with Crippen LogP contribution in [0.3, 0.4) is 0 Å². The van der Waals surface area contributed by atoms with Crippen molar-refractivity contribution in [3.63, 3.8) is 0 Å². The average molecular weight is 369 g/mol. The summed E-state index contributed by atoms with van der Waals surface area (Å²) in [5.41, 5.74) is 6.77. The molecule has 0 aromatic heterocycles. The molecule has 0 heterocycles. The highest BCUT2D eigenvalue weighted by molar-refractivity contribution is 6.35. The fourth-order valence-electron chi connectivity index (χ4n) is 2.07. The summed E-state index contributed by atoms with van der Waals surface area (Å²) in [5.74, 6) is -0.0357. The van der Waals surface area contributed by atoms with Gasteiger partial charge in [0.25, 0.3) is 0 Å². The molecule has 0 spiro atoms. The van der Waals surface area contributed by atoms with Crippen LogP contribution in [0.5, 0.6) is 0 Å². The molecular weight excluding hydrogens is 345 g/mol. The molecule has 0 aliphatic carbocycles. The van der Waals surface area contributed by atoms with E-state index in [0.717, 1.165) is 5.56 Å². The van der Waals surface area contributed by atoms with E-state index in [4.69, 9.17) is 28.9 Å². The van der Waals surface area contributed by atoms with E-state index < -0.39 is 0 Å². The third-order valence-corrected chi connectivity index (χ3v) is 3.43. The monoisotopic (exact) mass is 367 g/mol. The molecular formula is C15H24Cl3N3O. The van der Waals surface area contributed by atoms with Crippen LogP contribution in [0.15, 0.2) is 18.2 Å². The maximum atomic E-state index is 11.0. The summed E-state index contributed by atoms with van der Waals surface area (Å²) in [6.45, 7) is 8.11. The topological polar surface area (TPSA) is 58.4 Å². The maximum absolute atomic E-state index is 11.0. The summed E-state index contributed by atoms with van der Waals surface area (Å²) >= 11 is 12.1. The predicted octanol–water partition coefficient (Wildman–Crippen LogP) is 3.09. The summed E-state index contributed by atoms with van der Waals surface area (Å²) in [7, 11) is 0. The SMILES string of the molecule is CC(=O)NCCN(Cc1ccc(Cl)cc1Cl)CC(C)(C)N.Cl. The quantitative estimate of drug-likeness (QED) is 0.777. The number of rotatable bonds is 7. The van der Waals surface area contributed by atoms with Crippen molar-refractivity contribution in [2.45, 2.75) is 32.9 Å². The molecule has 1 aromatic carbocycles. The lowest BCUT2D eigenvalue weighted by Gasteiger charge is -2.30. The lowest BCUT2D eigenvalue weighted by molar-refractivity contribution is -0.119. The van der Waals surface area contributed by atoms with Crippen molar-refractivity contribution in [3.8, 4) is 0 Å². The second-order valence-electron chi connectivity index (χ2n) is 5.92. The van der Waals surface area contributed by atoms with Crippen molar-refractivity contribution < 1.29 is 4.79 Å². The van der Waals surface area contributed by atoms with Gasteiger partial charge in [0.05, 0.1) is 0 Å². The molecule has 0 aliphatic heterocycles. The molecule has 4 nitrogen and oxygen atoms in total. The Hall–Kier alpha value is -0.520. The van der Waals surface area contributed by atoms with Crippen LogP contribution < -0.4 is 11.1 Å². The highest BCUT2D eigenvalue weighted by atomic mass is 35.5. The van der Waals surface area contributed by atoms with E-state index in [1.54, 1.807) is 6.07 Å². The number of halogens is 3. The number of nitrogens with two attached hydrogens (primary N) is 1. The van der Waals surface area contributed by atoms with Gasteiger partial charge in [0, 0.05) is 48.7 Å². The van der Waals surface area contributed by atoms with Crippen LogP contribution in [-0.4, -0.2) is 36.0 Å². The molecule has 1 rings (SSSR count). The number of carbonyl (C=O) groups is 1. The standard InChI is InChI=1S/C15H23Cl2N3O.ClH/c1-11(21)19-6-7-20(10-15(2,3)18)9-12-4-5-13(16)8-14(12)17;/h4-5,8H,6-7,9-10,18H2,1-3H3,(H,19,21);1H. The highest BCUT2D eigenvalue weighted by Gasteiger charge is 2.18. The molecule has 22 heavy (non-hydrogen) atoms. The van der Waals surface area contributed by atoms with Crippen molar-refractivity contribution in [1.82, 2.24) is 10.2 Å². The molecule has 0 aliphatic rings. The van der Waals surface area contributed by atoms with Crippen LogP contribution in [-0.2, 0) is 11.3 Å². The first-order valence-electron chi connectivity index (χ1n) is 6.87. The highest BCUT2D eigenvalue weighted by Crippen LogP contribution is 2.22. The van der Waals surface area contributed by atoms with Crippen LogP contribution in [0.25, 0.3) is 0 Å². The summed E-state index contributed by atoms with van der Waals surface area (Å²) in [4.78, 5) is 13.1. The number of nitrogens with one attached hydrogen (secondary N) is 1. The van der Waals surface area contributed by atoms with Crippen LogP contribution >= 0.6 is 35.6 Å². The molecule has 0 atom stereocenters. The normalized spacial score (nSPS) is 11.2. The van der Waals surface area contributed by atoms with Crippen molar-refractivity contribution in [3.05, 3.63) is 33.8 Å². The van der Waals surface area contributed by atoms with Gasteiger partial charge in [-0.25, -0.2) is 0 Å². The Labute approximate surface area is 148 Å². The Kier molecular flexibility index (Phi) is 9.35. The Morgan fingerprint density at radius 2 is 2.00 bits per heavy atom. The lowest BCUT2D eigenvalue weighted by atomic mass is 10.1. The van der Waals surface area contributed by atoms with E-state index in [1.165, 1.54) is 6.92 Å². The largest absolute Gasteiger partial charge is 0.355 e. The van der Waals surface area contributed by atoms with Crippen LogP contribution in [0.2, 0.25) is 10.0 Å². The van der Waals surface area contributed by atoms with Gasteiger partial charge in [0.15, 0.2) is 0 Å². The number of nitrogens with zero attached hydrogens (tertiary/aromatic N) is 1.